The standard InChI is InChI=1S/C27H26N4O2/c32-27(20-31(25-8-2-1-3-9-25)19-23-6-4-14-28-16-23)30-18-22-10-12-26(13-11-22)33-21-24-7-5-15-29-17-24/h1-17H,18-21H2,(H,30,32). The highest BCUT2D eigenvalue weighted by Gasteiger charge is 2.12. The minimum atomic E-state index is -0.0420. The van der Waals surface area contributed by atoms with Crippen molar-refractivity contribution < 1.29 is 9.53 Å². The van der Waals surface area contributed by atoms with Crippen LogP contribution >= 0.6 is 0 Å². The van der Waals surface area contributed by atoms with Crippen LogP contribution in [0.4, 0.5) is 5.69 Å². The number of benzene rings is 2. The smallest absolute Gasteiger partial charge is 0.239 e. The Morgan fingerprint density at radius 3 is 2.15 bits per heavy atom. The van der Waals surface area contributed by atoms with Crippen LogP contribution < -0.4 is 15.0 Å². The Bertz CT molecular complexity index is 1120. The van der Waals surface area contributed by atoms with Gasteiger partial charge in [-0.25, -0.2) is 0 Å². The zero-order chi connectivity index (χ0) is 22.7. The molecule has 4 rings (SSSR count). The minimum absolute atomic E-state index is 0.0420. The van der Waals surface area contributed by atoms with Gasteiger partial charge in [-0.15, -0.1) is 0 Å². The molecule has 0 atom stereocenters. The molecule has 0 saturated heterocycles. The highest BCUT2D eigenvalue weighted by Crippen LogP contribution is 2.17. The van der Waals surface area contributed by atoms with Gasteiger partial charge in [-0.3, -0.25) is 14.8 Å². The van der Waals surface area contributed by atoms with Gasteiger partial charge in [0, 0.05) is 49.1 Å². The van der Waals surface area contributed by atoms with E-state index >= 15 is 0 Å². The van der Waals surface area contributed by atoms with Gasteiger partial charge < -0.3 is 15.0 Å². The SMILES string of the molecule is O=C(CN(Cc1cccnc1)c1ccccc1)NCc1ccc(OCc2cccnc2)cc1. The molecular formula is C27H26N4O2. The first-order chi connectivity index (χ1) is 16.3. The van der Waals surface area contributed by atoms with Crippen molar-refractivity contribution in [1.82, 2.24) is 15.3 Å². The van der Waals surface area contributed by atoms with Crippen molar-refractivity contribution >= 4 is 11.6 Å². The molecule has 6 heteroatoms. The highest BCUT2D eigenvalue weighted by molar-refractivity contribution is 5.81. The zero-order valence-corrected chi connectivity index (χ0v) is 18.3. The molecular weight excluding hydrogens is 412 g/mol. The number of rotatable bonds is 10. The molecule has 166 valence electrons. The Hall–Kier alpha value is -4.19. The van der Waals surface area contributed by atoms with E-state index in [0.29, 0.717) is 19.7 Å². The molecule has 2 aromatic heterocycles. The van der Waals surface area contributed by atoms with E-state index in [0.717, 1.165) is 28.1 Å². The summed E-state index contributed by atoms with van der Waals surface area (Å²) in [5.41, 5.74) is 4.07. The van der Waals surface area contributed by atoms with E-state index in [4.69, 9.17) is 4.74 Å². The lowest BCUT2D eigenvalue weighted by Crippen LogP contribution is -2.36. The number of nitrogens with zero attached hydrogens (tertiary/aromatic N) is 3. The largest absolute Gasteiger partial charge is 0.489 e. The van der Waals surface area contributed by atoms with Crippen LogP contribution in [0.3, 0.4) is 0 Å². The maximum Gasteiger partial charge on any atom is 0.239 e. The number of hydrogen-bond donors (Lipinski definition) is 1. The van der Waals surface area contributed by atoms with Crippen LogP contribution in [-0.2, 0) is 24.5 Å². The average Bonchev–Trinajstić information content (AvgIpc) is 2.88. The number of hydrogen-bond acceptors (Lipinski definition) is 5. The van der Waals surface area contributed by atoms with Gasteiger partial charge in [0.15, 0.2) is 0 Å². The van der Waals surface area contributed by atoms with E-state index in [1.165, 1.54) is 0 Å². The molecule has 0 fully saturated rings. The number of ether oxygens (including phenoxy) is 1. The van der Waals surface area contributed by atoms with Crippen LogP contribution in [0.2, 0.25) is 0 Å². The fourth-order valence-electron chi connectivity index (χ4n) is 3.37. The van der Waals surface area contributed by atoms with Crippen molar-refractivity contribution in [3.63, 3.8) is 0 Å². The summed E-state index contributed by atoms with van der Waals surface area (Å²) >= 11 is 0. The molecule has 0 aliphatic rings. The van der Waals surface area contributed by atoms with Crippen LogP contribution in [0, 0.1) is 0 Å². The van der Waals surface area contributed by atoms with E-state index in [1.807, 2.05) is 90.0 Å². The Balaban J connectivity index is 1.30. The van der Waals surface area contributed by atoms with E-state index in [9.17, 15) is 4.79 Å². The predicted octanol–water partition coefficient (Wildman–Crippen LogP) is 4.38. The molecule has 0 aliphatic heterocycles. The number of pyridine rings is 2. The van der Waals surface area contributed by atoms with Crippen molar-refractivity contribution in [3.05, 3.63) is 120 Å². The summed E-state index contributed by atoms with van der Waals surface area (Å²) < 4.78 is 5.79. The average molecular weight is 439 g/mol. The third-order valence-electron chi connectivity index (χ3n) is 5.09. The van der Waals surface area contributed by atoms with Gasteiger partial charge in [-0.2, -0.15) is 0 Å². The lowest BCUT2D eigenvalue weighted by Gasteiger charge is -2.24. The zero-order valence-electron chi connectivity index (χ0n) is 18.3. The van der Waals surface area contributed by atoms with Crippen LogP contribution in [0.15, 0.2) is 104 Å². The molecule has 0 bridgehead atoms. The minimum Gasteiger partial charge on any atom is -0.489 e. The first kappa shape index (κ1) is 22.0. The molecule has 2 aromatic carbocycles. The molecule has 2 heterocycles. The summed E-state index contributed by atoms with van der Waals surface area (Å²) in [5, 5.41) is 3.02. The fraction of sp³-hybridized carbons (Fsp3) is 0.148. The van der Waals surface area contributed by atoms with Gasteiger partial charge in [0.2, 0.25) is 5.91 Å². The number of carbonyl (C=O) groups is 1. The second-order valence-electron chi connectivity index (χ2n) is 7.62. The Morgan fingerprint density at radius 1 is 0.788 bits per heavy atom. The lowest BCUT2D eigenvalue weighted by molar-refractivity contribution is -0.119. The summed E-state index contributed by atoms with van der Waals surface area (Å²) in [5.74, 6) is 0.736. The normalized spacial score (nSPS) is 10.4. The monoisotopic (exact) mass is 438 g/mol. The maximum absolute atomic E-state index is 12.7. The summed E-state index contributed by atoms with van der Waals surface area (Å²) in [4.78, 5) is 23.0. The number of carbonyl (C=O) groups excluding carboxylic acids is 1. The van der Waals surface area contributed by atoms with E-state index in [2.05, 4.69) is 15.3 Å². The van der Waals surface area contributed by atoms with E-state index < -0.39 is 0 Å². The van der Waals surface area contributed by atoms with E-state index in [1.54, 1.807) is 18.6 Å². The van der Waals surface area contributed by atoms with Crippen LogP contribution in [-0.4, -0.2) is 22.4 Å². The summed E-state index contributed by atoms with van der Waals surface area (Å²) in [6, 6.07) is 25.5. The molecule has 33 heavy (non-hydrogen) atoms. The van der Waals surface area contributed by atoms with Gasteiger partial charge in [-0.1, -0.05) is 42.5 Å². The number of aromatic nitrogens is 2. The van der Waals surface area contributed by atoms with Crippen LogP contribution in [0.1, 0.15) is 16.7 Å². The Kier molecular flexibility index (Phi) is 7.63. The van der Waals surface area contributed by atoms with Crippen molar-refractivity contribution in [2.75, 3.05) is 11.4 Å². The first-order valence-electron chi connectivity index (χ1n) is 10.8. The summed E-state index contributed by atoms with van der Waals surface area (Å²) in [7, 11) is 0. The molecule has 6 nitrogen and oxygen atoms in total. The van der Waals surface area contributed by atoms with Crippen molar-refractivity contribution in [2.45, 2.75) is 19.7 Å². The first-order valence-corrected chi connectivity index (χ1v) is 10.8. The van der Waals surface area contributed by atoms with Crippen molar-refractivity contribution in [1.29, 1.82) is 0 Å². The fourth-order valence-corrected chi connectivity index (χ4v) is 3.37. The molecule has 0 unspecified atom stereocenters. The molecule has 4 aromatic rings. The van der Waals surface area contributed by atoms with Crippen molar-refractivity contribution in [3.8, 4) is 5.75 Å². The molecule has 0 saturated carbocycles. The molecule has 0 aliphatic carbocycles. The van der Waals surface area contributed by atoms with Gasteiger partial charge in [0.05, 0.1) is 6.54 Å². The topological polar surface area (TPSA) is 67.4 Å². The van der Waals surface area contributed by atoms with Gasteiger partial charge >= 0.3 is 0 Å². The molecule has 0 radical (unpaired) electrons. The Labute approximate surface area is 193 Å². The van der Waals surface area contributed by atoms with E-state index in [-0.39, 0.29) is 12.5 Å². The quantitative estimate of drug-likeness (QED) is 0.398. The summed E-state index contributed by atoms with van der Waals surface area (Å²) in [6.45, 7) is 1.78. The third kappa shape index (κ3) is 6.90. The Morgan fingerprint density at radius 2 is 1.48 bits per heavy atom. The highest BCUT2D eigenvalue weighted by atomic mass is 16.5. The number of para-hydroxylation sites is 1. The predicted molar refractivity (Wildman–Crippen MR) is 129 cm³/mol. The van der Waals surface area contributed by atoms with Gasteiger partial charge in [-0.05, 0) is 47.5 Å². The summed E-state index contributed by atoms with van der Waals surface area (Å²) in [6.07, 6.45) is 7.10. The molecule has 0 spiro atoms. The maximum atomic E-state index is 12.7. The number of amides is 1. The van der Waals surface area contributed by atoms with Gasteiger partial charge in [0.25, 0.3) is 0 Å². The second kappa shape index (κ2) is 11.4. The lowest BCUT2D eigenvalue weighted by atomic mass is 10.2. The van der Waals surface area contributed by atoms with Crippen LogP contribution in [0.5, 0.6) is 5.75 Å². The second-order valence-corrected chi connectivity index (χ2v) is 7.62. The molecule has 1 amide bonds. The molecule has 1 N–H and O–H groups in total. The van der Waals surface area contributed by atoms with Gasteiger partial charge in [0.1, 0.15) is 12.4 Å². The third-order valence-corrected chi connectivity index (χ3v) is 5.09. The number of nitrogens with one attached hydrogen (secondary N) is 1. The van der Waals surface area contributed by atoms with Crippen LogP contribution in [0.25, 0.3) is 0 Å². The number of anilines is 1. The van der Waals surface area contributed by atoms with Crippen molar-refractivity contribution in [2.24, 2.45) is 0 Å².